The Morgan fingerprint density at radius 3 is 2.20 bits per heavy atom. The van der Waals surface area contributed by atoms with E-state index in [4.69, 9.17) is 0 Å². The van der Waals surface area contributed by atoms with Crippen molar-refractivity contribution < 1.29 is 0 Å². The van der Waals surface area contributed by atoms with Crippen LogP contribution in [0.1, 0.15) is 40.0 Å². The third kappa shape index (κ3) is 3.59. The number of rotatable bonds is 5. The summed E-state index contributed by atoms with van der Waals surface area (Å²) >= 11 is 0. The van der Waals surface area contributed by atoms with Crippen molar-refractivity contribution in [2.75, 3.05) is 0 Å². The van der Waals surface area contributed by atoms with Crippen LogP contribution in [-0.4, -0.2) is 6.04 Å². The van der Waals surface area contributed by atoms with Crippen molar-refractivity contribution in [1.29, 1.82) is 0 Å². The Kier molecular flexibility index (Phi) is 5.17. The highest BCUT2D eigenvalue weighted by Crippen LogP contribution is 2.13. The van der Waals surface area contributed by atoms with Gasteiger partial charge in [-0.15, -0.1) is 0 Å². The Balaban J connectivity index is 3.51. The lowest BCUT2D eigenvalue weighted by Gasteiger charge is -2.10. The van der Waals surface area contributed by atoms with Gasteiger partial charge >= 0.3 is 0 Å². The van der Waals surface area contributed by atoms with E-state index in [1.807, 2.05) is 6.92 Å². The average molecular weight is 143 g/mol. The smallest absolute Gasteiger partial charge is 0.0919 e. The van der Waals surface area contributed by atoms with E-state index in [-0.39, 0.29) is 6.04 Å². The molecule has 0 fully saturated rings. The van der Waals surface area contributed by atoms with Crippen LogP contribution in [0.5, 0.6) is 0 Å². The summed E-state index contributed by atoms with van der Waals surface area (Å²) in [7, 11) is 0. The first kappa shape index (κ1) is 9.60. The minimum absolute atomic E-state index is 0.0509. The standard InChI is InChI=1S/C8H17NO/c1-4-7(3)6-8(5-2)9-10/h7-8H,4-6H2,1-3H3. The molecule has 2 heteroatoms. The van der Waals surface area contributed by atoms with E-state index in [9.17, 15) is 4.91 Å². The summed E-state index contributed by atoms with van der Waals surface area (Å²) in [5.74, 6) is 0.641. The molecular formula is C8H17NO. The molecule has 0 N–H and O–H groups in total. The molecule has 0 aliphatic rings. The Morgan fingerprint density at radius 1 is 1.30 bits per heavy atom. The molecule has 0 aromatic heterocycles. The monoisotopic (exact) mass is 143 g/mol. The summed E-state index contributed by atoms with van der Waals surface area (Å²) < 4.78 is 0. The number of nitroso groups, excluding NO2 is 1. The quantitative estimate of drug-likeness (QED) is 0.544. The van der Waals surface area contributed by atoms with Crippen LogP contribution in [0.25, 0.3) is 0 Å². The Morgan fingerprint density at radius 2 is 1.90 bits per heavy atom. The fraction of sp³-hybridized carbons (Fsp3) is 1.00. The van der Waals surface area contributed by atoms with E-state index in [1.54, 1.807) is 0 Å². The fourth-order valence-corrected chi connectivity index (χ4v) is 0.915. The van der Waals surface area contributed by atoms with Gasteiger partial charge < -0.3 is 0 Å². The zero-order valence-electron chi connectivity index (χ0n) is 7.13. The molecule has 0 amide bonds. The first-order valence-electron chi connectivity index (χ1n) is 4.07. The summed E-state index contributed by atoms with van der Waals surface area (Å²) in [6, 6.07) is 0.0509. The molecule has 60 valence electrons. The van der Waals surface area contributed by atoms with Gasteiger partial charge in [-0.2, -0.15) is 4.91 Å². The second-order valence-corrected chi connectivity index (χ2v) is 2.92. The van der Waals surface area contributed by atoms with Crippen LogP contribution in [0.4, 0.5) is 0 Å². The summed E-state index contributed by atoms with van der Waals surface area (Å²) in [5, 5.41) is 3.04. The van der Waals surface area contributed by atoms with Gasteiger partial charge in [0.15, 0.2) is 0 Å². The molecule has 0 radical (unpaired) electrons. The Hall–Kier alpha value is -0.400. The summed E-state index contributed by atoms with van der Waals surface area (Å²) in [5.41, 5.74) is 0. The largest absolute Gasteiger partial charge is 0.151 e. The highest BCUT2D eigenvalue weighted by atomic mass is 16.3. The number of hydrogen-bond acceptors (Lipinski definition) is 2. The molecule has 0 spiro atoms. The van der Waals surface area contributed by atoms with E-state index >= 15 is 0 Å². The van der Waals surface area contributed by atoms with Crippen LogP contribution < -0.4 is 0 Å². The zero-order valence-corrected chi connectivity index (χ0v) is 7.13. The summed E-state index contributed by atoms with van der Waals surface area (Å²) in [4.78, 5) is 10.1. The molecule has 2 unspecified atom stereocenters. The van der Waals surface area contributed by atoms with Gasteiger partial charge in [-0.3, -0.25) is 0 Å². The van der Waals surface area contributed by atoms with E-state index in [1.165, 1.54) is 0 Å². The third-order valence-corrected chi connectivity index (χ3v) is 1.99. The van der Waals surface area contributed by atoms with Crippen LogP contribution in [0.3, 0.4) is 0 Å². The highest BCUT2D eigenvalue weighted by Gasteiger charge is 2.09. The molecule has 0 saturated heterocycles. The van der Waals surface area contributed by atoms with Gasteiger partial charge in [0.05, 0.1) is 6.04 Å². The average Bonchev–Trinajstić information content (AvgIpc) is 1.99. The molecule has 0 aromatic carbocycles. The molecule has 0 saturated carbocycles. The molecule has 2 nitrogen and oxygen atoms in total. The molecule has 0 heterocycles. The van der Waals surface area contributed by atoms with Crippen LogP contribution >= 0.6 is 0 Å². The molecule has 0 bridgehead atoms. The van der Waals surface area contributed by atoms with Crippen molar-refractivity contribution in [2.24, 2.45) is 11.1 Å². The molecule has 2 atom stereocenters. The maximum atomic E-state index is 10.1. The number of hydrogen-bond donors (Lipinski definition) is 0. The minimum Gasteiger partial charge on any atom is -0.151 e. The molecule has 10 heavy (non-hydrogen) atoms. The summed E-state index contributed by atoms with van der Waals surface area (Å²) in [6.45, 7) is 6.31. The van der Waals surface area contributed by atoms with Crippen LogP contribution in [0.15, 0.2) is 5.18 Å². The maximum absolute atomic E-state index is 10.1. The fourth-order valence-electron chi connectivity index (χ4n) is 0.915. The Bertz CT molecular complexity index is 93.3. The van der Waals surface area contributed by atoms with E-state index in [2.05, 4.69) is 19.0 Å². The molecular weight excluding hydrogens is 126 g/mol. The molecule has 0 aromatic rings. The van der Waals surface area contributed by atoms with Crippen molar-refractivity contribution in [1.82, 2.24) is 0 Å². The van der Waals surface area contributed by atoms with Gasteiger partial charge in [-0.25, -0.2) is 0 Å². The van der Waals surface area contributed by atoms with Crippen LogP contribution in [-0.2, 0) is 0 Å². The van der Waals surface area contributed by atoms with Gasteiger partial charge in [-0.05, 0) is 18.8 Å². The van der Waals surface area contributed by atoms with E-state index in [0.29, 0.717) is 5.92 Å². The maximum Gasteiger partial charge on any atom is 0.0919 e. The molecule has 0 aliphatic heterocycles. The first-order chi connectivity index (χ1) is 4.74. The highest BCUT2D eigenvalue weighted by molar-refractivity contribution is 4.66. The Labute approximate surface area is 63.0 Å². The van der Waals surface area contributed by atoms with Crippen LogP contribution in [0.2, 0.25) is 0 Å². The SMILES string of the molecule is CCC(C)CC(CC)N=O. The normalized spacial score (nSPS) is 16.3. The molecule has 0 aliphatic carbocycles. The summed E-state index contributed by atoms with van der Waals surface area (Å²) in [6.07, 6.45) is 2.98. The second kappa shape index (κ2) is 5.39. The van der Waals surface area contributed by atoms with Crippen molar-refractivity contribution in [3.8, 4) is 0 Å². The van der Waals surface area contributed by atoms with Gasteiger partial charge in [0.1, 0.15) is 0 Å². The lowest BCUT2D eigenvalue weighted by molar-refractivity contribution is 0.445. The predicted octanol–water partition coefficient (Wildman–Crippen LogP) is 2.97. The lowest BCUT2D eigenvalue weighted by Crippen LogP contribution is -2.07. The lowest BCUT2D eigenvalue weighted by atomic mass is 9.99. The second-order valence-electron chi connectivity index (χ2n) is 2.92. The van der Waals surface area contributed by atoms with Crippen molar-refractivity contribution in [3.05, 3.63) is 4.91 Å². The van der Waals surface area contributed by atoms with Crippen molar-refractivity contribution in [2.45, 2.75) is 46.1 Å². The van der Waals surface area contributed by atoms with Crippen molar-refractivity contribution in [3.63, 3.8) is 0 Å². The van der Waals surface area contributed by atoms with Crippen LogP contribution in [0, 0.1) is 10.8 Å². The zero-order chi connectivity index (χ0) is 7.98. The van der Waals surface area contributed by atoms with Crippen molar-refractivity contribution >= 4 is 0 Å². The van der Waals surface area contributed by atoms with E-state index < -0.39 is 0 Å². The van der Waals surface area contributed by atoms with E-state index in [0.717, 1.165) is 19.3 Å². The third-order valence-electron chi connectivity index (χ3n) is 1.99. The van der Waals surface area contributed by atoms with Gasteiger partial charge in [0, 0.05) is 0 Å². The predicted molar refractivity (Wildman–Crippen MR) is 43.9 cm³/mol. The number of nitrogens with zero attached hydrogens (tertiary/aromatic N) is 1. The topological polar surface area (TPSA) is 29.4 Å². The van der Waals surface area contributed by atoms with Gasteiger partial charge in [0.25, 0.3) is 0 Å². The van der Waals surface area contributed by atoms with Gasteiger partial charge in [0.2, 0.25) is 0 Å². The minimum atomic E-state index is 0.0509. The first-order valence-corrected chi connectivity index (χ1v) is 4.07. The van der Waals surface area contributed by atoms with Gasteiger partial charge in [-0.1, -0.05) is 32.4 Å². The molecule has 0 rings (SSSR count).